The Kier molecular flexibility index (Phi) is 5.44. The molecule has 1 rings (SSSR count). The normalized spacial score (nSPS) is 9.94. The van der Waals surface area contributed by atoms with Gasteiger partial charge >= 0.3 is 5.97 Å². The lowest BCUT2D eigenvalue weighted by Crippen LogP contribution is -2.21. The molecule has 0 fully saturated rings. The van der Waals surface area contributed by atoms with Gasteiger partial charge in [0.2, 0.25) is 5.95 Å². The van der Waals surface area contributed by atoms with E-state index >= 15 is 0 Å². The van der Waals surface area contributed by atoms with Crippen molar-refractivity contribution >= 4 is 34.5 Å². The molecule has 0 radical (unpaired) electrons. The first-order valence-electron chi connectivity index (χ1n) is 4.89. The Morgan fingerprint density at radius 2 is 2.12 bits per heavy atom. The number of anilines is 1. The molecule has 16 heavy (non-hydrogen) atoms. The van der Waals surface area contributed by atoms with Crippen molar-refractivity contribution in [3.05, 3.63) is 16.0 Å². The van der Waals surface area contributed by atoms with Gasteiger partial charge in [0.15, 0.2) is 0 Å². The van der Waals surface area contributed by atoms with E-state index < -0.39 is 0 Å². The summed E-state index contributed by atoms with van der Waals surface area (Å²) in [6.45, 7) is 0.732. The van der Waals surface area contributed by atoms with E-state index in [1.54, 1.807) is 12.4 Å². The number of esters is 1. The molecule has 0 atom stereocenters. The molecule has 1 aromatic heterocycles. The summed E-state index contributed by atoms with van der Waals surface area (Å²) in [6.07, 6.45) is 4.68. The van der Waals surface area contributed by atoms with E-state index in [4.69, 9.17) is 0 Å². The van der Waals surface area contributed by atoms with E-state index in [-0.39, 0.29) is 5.97 Å². The first-order chi connectivity index (χ1) is 7.63. The second-order valence-electron chi connectivity index (χ2n) is 3.30. The van der Waals surface area contributed by atoms with E-state index in [9.17, 15) is 4.79 Å². The molecule has 0 saturated carbocycles. The fraction of sp³-hybridized carbons (Fsp3) is 0.500. The smallest absolute Gasteiger partial charge is 0.305 e. The van der Waals surface area contributed by atoms with Crippen LogP contribution in [0.3, 0.4) is 0 Å². The number of ether oxygens (including phenoxy) is 1. The molecule has 0 aliphatic carbocycles. The highest BCUT2D eigenvalue weighted by Gasteiger charge is 2.05. The number of halogens is 1. The molecule has 0 aliphatic heterocycles. The molecule has 0 unspecified atom stereocenters. The molecule has 0 aromatic carbocycles. The van der Waals surface area contributed by atoms with Gasteiger partial charge in [0.1, 0.15) is 0 Å². The van der Waals surface area contributed by atoms with Crippen molar-refractivity contribution in [2.24, 2.45) is 0 Å². The van der Waals surface area contributed by atoms with Crippen molar-refractivity contribution in [2.75, 3.05) is 25.6 Å². The van der Waals surface area contributed by atoms with Gasteiger partial charge in [-0.25, -0.2) is 9.97 Å². The van der Waals surface area contributed by atoms with Crippen LogP contribution < -0.4 is 4.90 Å². The average molecular weight is 335 g/mol. The van der Waals surface area contributed by atoms with Crippen molar-refractivity contribution in [3.63, 3.8) is 0 Å². The summed E-state index contributed by atoms with van der Waals surface area (Å²) in [5, 5.41) is 0. The molecule has 0 spiro atoms. The Bertz CT molecular complexity index is 342. The quantitative estimate of drug-likeness (QED) is 0.603. The maximum Gasteiger partial charge on any atom is 0.305 e. The van der Waals surface area contributed by atoms with Crippen LogP contribution in [0, 0.1) is 3.57 Å². The molecule has 1 heterocycles. The molecule has 0 saturated heterocycles. The Morgan fingerprint density at radius 3 is 2.69 bits per heavy atom. The third-order valence-electron chi connectivity index (χ3n) is 2.05. The minimum Gasteiger partial charge on any atom is -0.469 e. The number of aromatic nitrogens is 2. The number of hydrogen-bond acceptors (Lipinski definition) is 5. The van der Waals surface area contributed by atoms with E-state index in [0.29, 0.717) is 12.4 Å². The summed E-state index contributed by atoms with van der Waals surface area (Å²) in [6, 6.07) is 0. The molecule has 0 aliphatic rings. The van der Waals surface area contributed by atoms with Gasteiger partial charge in [-0.05, 0) is 29.0 Å². The van der Waals surface area contributed by atoms with Gasteiger partial charge in [-0.1, -0.05) is 0 Å². The Labute approximate surface area is 108 Å². The van der Waals surface area contributed by atoms with Gasteiger partial charge < -0.3 is 9.64 Å². The van der Waals surface area contributed by atoms with Gasteiger partial charge in [-0.2, -0.15) is 0 Å². The Balaban J connectivity index is 2.37. The van der Waals surface area contributed by atoms with Gasteiger partial charge in [0.05, 0.1) is 7.11 Å². The highest BCUT2D eigenvalue weighted by molar-refractivity contribution is 14.1. The van der Waals surface area contributed by atoms with Crippen LogP contribution in [0.4, 0.5) is 5.95 Å². The fourth-order valence-electron chi connectivity index (χ4n) is 1.17. The molecule has 5 nitrogen and oxygen atoms in total. The SMILES string of the molecule is COC(=O)CCCN(C)c1ncc(I)cn1. The fourth-order valence-corrected chi connectivity index (χ4v) is 1.44. The van der Waals surface area contributed by atoms with Crippen LogP contribution in [0.2, 0.25) is 0 Å². The minimum atomic E-state index is -0.183. The first-order valence-corrected chi connectivity index (χ1v) is 5.97. The first kappa shape index (κ1) is 13.1. The standard InChI is InChI=1S/C10H14IN3O2/c1-14(5-3-4-9(15)16-2)10-12-6-8(11)7-13-10/h6-7H,3-5H2,1-2H3. The highest BCUT2D eigenvalue weighted by Crippen LogP contribution is 2.07. The van der Waals surface area contributed by atoms with Crippen LogP contribution in [-0.2, 0) is 9.53 Å². The summed E-state index contributed by atoms with van der Waals surface area (Å²) in [4.78, 5) is 21.2. The third-order valence-corrected chi connectivity index (χ3v) is 2.61. The predicted molar refractivity (Wildman–Crippen MR) is 69.3 cm³/mol. The highest BCUT2D eigenvalue weighted by atomic mass is 127. The van der Waals surface area contributed by atoms with Gasteiger partial charge in [0.25, 0.3) is 0 Å². The van der Waals surface area contributed by atoms with Crippen molar-refractivity contribution < 1.29 is 9.53 Å². The zero-order valence-electron chi connectivity index (χ0n) is 9.31. The van der Waals surface area contributed by atoms with E-state index in [0.717, 1.165) is 16.5 Å². The van der Waals surface area contributed by atoms with E-state index in [1.165, 1.54) is 7.11 Å². The number of carbonyl (C=O) groups excluding carboxylic acids is 1. The lowest BCUT2D eigenvalue weighted by molar-refractivity contribution is -0.140. The summed E-state index contributed by atoms with van der Waals surface area (Å²) in [5.74, 6) is 0.488. The predicted octanol–water partition coefficient (Wildman–Crippen LogP) is 1.47. The van der Waals surface area contributed by atoms with Crippen LogP contribution in [0.1, 0.15) is 12.8 Å². The largest absolute Gasteiger partial charge is 0.469 e. The molecule has 1 aromatic rings. The van der Waals surface area contributed by atoms with Crippen LogP contribution in [0.25, 0.3) is 0 Å². The molecule has 88 valence electrons. The Morgan fingerprint density at radius 1 is 1.50 bits per heavy atom. The molecule has 0 amide bonds. The number of hydrogen-bond donors (Lipinski definition) is 0. The van der Waals surface area contributed by atoms with Crippen molar-refractivity contribution in [2.45, 2.75) is 12.8 Å². The lowest BCUT2D eigenvalue weighted by atomic mass is 10.3. The van der Waals surface area contributed by atoms with Crippen molar-refractivity contribution in [1.82, 2.24) is 9.97 Å². The Hall–Kier alpha value is -0.920. The topological polar surface area (TPSA) is 55.3 Å². The summed E-state index contributed by atoms with van der Waals surface area (Å²) < 4.78 is 5.57. The number of nitrogens with zero attached hydrogens (tertiary/aromatic N) is 3. The second kappa shape index (κ2) is 6.62. The summed E-state index contributed by atoms with van der Waals surface area (Å²) in [5.41, 5.74) is 0. The van der Waals surface area contributed by atoms with Crippen molar-refractivity contribution in [1.29, 1.82) is 0 Å². The molecular formula is C10H14IN3O2. The monoisotopic (exact) mass is 335 g/mol. The van der Waals surface area contributed by atoms with Crippen LogP contribution >= 0.6 is 22.6 Å². The van der Waals surface area contributed by atoms with E-state index in [2.05, 4.69) is 37.3 Å². The van der Waals surface area contributed by atoms with Gasteiger partial charge in [0, 0.05) is 36.0 Å². The lowest BCUT2D eigenvalue weighted by Gasteiger charge is -2.15. The second-order valence-corrected chi connectivity index (χ2v) is 4.55. The third kappa shape index (κ3) is 4.30. The number of carbonyl (C=O) groups is 1. The maximum absolute atomic E-state index is 10.9. The molecule has 0 bridgehead atoms. The molecule has 0 N–H and O–H groups in total. The van der Waals surface area contributed by atoms with Gasteiger partial charge in [-0.3, -0.25) is 4.79 Å². The zero-order chi connectivity index (χ0) is 12.0. The number of methoxy groups -OCH3 is 1. The van der Waals surface area contributed by atoms with Crippen LogP contribution in [0.15, 0.2) is 12.4 Å². The van der Waals surface area contributed by atoms with Crippen molar-refractivity contribution in [3.8, 4) is 0 Å². The van der Waals surface area contributed by atoms with Gasteiger partial charge in [-0.15, -0.1) is 0 Å². The number of rotatable bonds is 5. The van der Waals surface area contributed by atoms with Crippen LogP contribution in [0.5, 0.6) is 0 Å². The summed E-state index contributed by atoms with van der Waals surface area (Å²) in [7, 11) is 3.30. The molecule has 6 heteroatoms. The maximum atomic E-state index is 10.9. The zero-order valence-corrected chi connectivity index (χ0v) is 11.5. The minimum absolute atomic E-state index is 0.183. The van der Waals surface area contributed by atoms with Crippen LogP contribution in [-0.4, -0.2) is 36.6 Å². The molecular weight excluding hydrogens is 321 g/mol. The average Bonchev–Trinajstić information content (AvgIpc) is 2.29. The summed E-state index contributed by atoms with van der Waals surface area (Å²) >= 11 is 2.16. The van der Waals surface area contributed by atoms with E-state index in [1.807, 2.05) is 11.9 Å².